The average Bonchev–Trinajstić information content (AvgIpc) is 2.55. The largest absolute Gasteiger partial charge is 0.423 e. The van der Waals surface area contributed by atoms with Crippen LogP contribution >= 0.6 is 11.6 Å². The van der Waals surface area contributed by atoms with Crippen molar-refractivity contribution < 1.29 is 9.53 Å². The van der Waals surface area contributed by atoms with E-state index in [4.69, 9.17) is 16.3 Å². The maximum Gasteiger partial charge on any atom is 0.336 e. The Labute approximate surface area is 133 Å². The Bertz CT molecular complexity index is 830. The number of carbonyl (C=O) groups excluding carboxylic acids is 1. The van der Waals surface area contributed by atoms with Crippen molar-refractivity contribution in [1.82, 2.24) is 0 Å². The molecule has 0 aromatic heterocycles. The molecule has 0 bridgehead atoms. The van der Waals surface area contributed by atoms with Crippen LogP contribution in [-0.4, -0.2) is 5.97 Å². The summed E-state index contributed by atoms with van der Waals surface area (Å²) in [6.45, 7) is 0. The molecular weight excluding hydrogens is 296 g/mol. The number of esters is 1. The predicted molar refractivity (Wildman–Crippen MR) is 90.1 cm³/mol. The van der Waals surface area contributed by atoms with Crippen LogP contribution in [0.5, 0.6) is 5.75 Å². The first-order valence-electron chi connectivity index (χ1n) is 6.85. The Morgan fingerprint density at radius 1 is 0.909 bits per heavy atom. The Kier molecular flexibility index (Phi) is 4.22. The second-order valence-corrected chi connectivity index (χ2v) is 5.21. The van der Waals surface area contributed by atoms with E-state index in [9.17, 15) is 4.79 Å². The summed E-state index contributed by atoms with van der Waals surface area (Å²) in [5.74, 6) is 0.0484. The molecule has 3 aromatic carbocycles. The average molecular weight is 309 g/mol. The number of rotatable bonds is 3. The zero-order chi connectivity index (χ0) is 15.4. The molecule has 0 fully saturated rings. The molecule has 0 saturated carbocycles. The minimum Gasteiger partial charge on any atom is -0.423 e. The Balaban J connectivity index is 1.78. The predicted octanol–water partition coefficient (Wildman–Crippen LogP) is 5.11. The lowest BCUT2D eigenvalue weighted by Crippen LogP contribution is -2.03. The third-order valence-corrected chi connectivity index (χ3v) is 3.51. The quantitative estimate of drug-likeness (QED) is 0.382. The van der Waals surface area contributed by atoms with Gasteiger partial charge < -0.3 is 4.74 Å². The fourth-order valence-corrected chi connectivity index (χ4v) is 2.33. The lowest BCUT2D eigenvalue weighted by atomic mass is 10.0. The van der Waals surface area contributed by atoms with E-state index in [0.717, 1.165) is 16.3 Å². The molecule has 0 heterocycles. The fourth-order valence-electron chi connectivity index (χ4n) is 2.21. The second kappa shape index (κ2) is 6.46. The van der Waals surface area contributed by atoms with E-state index in [2.05, 4.69) is 0 Å². The summed E-state index contributed by atoms with van der Waals surface area (Å²) < 4.78 is 5.22. The van der Waals surface area contributed by atoms with Crippen molar-refractivity contribution in [2.75, 3.05) is 0 Å². The van der Waals surface area contributed by atoms with Gasteiger partial charge in [0.15, 0.2) is 0 Å². The molecule has 0 spiro atoms. The van der Waals surface area contributed by atoms with Gasteiger partial charge in [0.25, 0.3) is 0 Å². The van der Waals surface area contributed by atoms with E-state index < -0.39 is 5.97 Å². The molecule has 3 heteroatoms. The zero-order valence-corrected chi connectivity index (χ0v) is 12.5. The van der Waals surface area contributed by atoms with E-state index in [0.29, 0.717) is 10.8 Å². The van der Waals surface area contributed by atoms with Gasteiger partial charge in [-0.05, 0) is 46.7 Å². The number of benzene rings is 3. The summed E-state index contributed by atoms with van der Waals surface area (Å²) in [7, 11) is 0. The molecule has 0 aliphatic rings. The van der Waals surface area contributed by atoms with Crippen LogP contribution < -0.4 is 4.74 Å². The van der Waals surface area contributed by atoms with Crippen molar-refractivity contribution in [3.8, 4) is 5.75 Å². The lowest BCUT2D eigenvalue weighted by molar-refractivity contribution is -0.128. The van der Waals surface area contributed by atoms with E-state index >= 15 is 0 Å². The van der Waals surface area contributed by atoms with Crippen LogP contribution in [0.2, 0.25) is 5.02 Å². The first-order valence-corrected chi connectivity index (χ1v) is 7.23. The van der Waals surface area contributed by atoms with Gasteiger partial charge in [0.05, 0.1) is 0 Å². The number of hydrogen-bond acceptors (Lipinski definition) is 2. The van der Waals surface area contributed by atoms with Crippen LogP contribution in [0.1, 0.15) is 5.56 Å². The van der Waals surface area contributed by atoms with Crippen LogP contribution in [0.25, 0.3) is 16.8 Å². The van der Waals surface area contributed by atoms with Gasteiger partial charge in [0.1, 0.15) is 5.75 Å². The summed E-state index contributed by atoms with van der Waals surface area (Å²) in [6.07, 6.45) is 3.19. The molecule has 0 unspecified atom stereocenters. The number of hydrogen-bond donors (Lipinski definition) is 0. The first kappa shape index (κ1) is 14.4. The molecule has 0 radical (unpaired) electrons. The molecule has 0 saturated heterocycles. The van der Waals surface area contributed by atoms with Gasteiger partial charge in [0.2, 0.25) is 0 Å². The summed E-state index contributed by atoms with van der Waals surface area (Å²) in [6, 6.07) is 20.7. The van der Waals surface area contributed by atoms with Gasteiger partial charge in [-0.3, -0.25) is 0 Å². The zero-order valence-electron chi connectivity index (χ0n) is 11.7. The Hall–Kier alpha value is -2.58. The molecule has 0 atom stereocenters. The maximum atomic E-state index is 11.9. The molecule has 0 N–H and O–H groups in total. The van der Waals surface area contributed by atoms with Gasteiger partial charge in [-0.25, -0.2) is 4.79 Å². The van der Waals surface area contributed by atoms with Gasteiger partial charge in [-0.1, -0.05) is 54.1 Å². The fraction of sp³-hybridized carbons (Fsp3) is 0. The topological polar surface area (TPSA) is 26.3 Å². The van der Waals surface area contributed by atoms with Crippen LogP contribution in [-0.2, 0) is 4.79 Å². The lowest BCUT2D eigenvalue weighted by Gasteiger charge is -2.02. The first-order chi connectivity index (χ1) is 10.7. The van der Waals surface area contributed by atoms with E-state index in [1.54, 1.807) is 30.3 Å². The molecule has 108 valence electrons. The van der Waals surface area contributed by atoms with Gasteiger partial charge in [0, 0.05) is 11.1 Å². The van der Waals surface area contributed by atoms with Crippen LogP contribution in [0.4, 0.5) is 0 Å². The highest BCUT2D eigenvalue weighted by Crippen LogP contribution is 2.20. The second-order valence-electron chi connectivity index (χ2n) is 4.78. The minimum absolute atomic E-state index is 0.421. The standard InChI is InChI=1S/C19H13ClO2/c20-16-9-11-17(12-10-16)22-19(21)13-8-15-6-3-5-14-4-1-2-7-18(14)15/h1-13H/b13-8+. The molecule has 22 heavy (non-hydrogen) atoms. The molecule has 2 nitrogen and oxygen atoms in total. The Morgan fingerprint density at radius 2 is 1.64 bits per heavy atom. The molecular formula is C19H13ClO2. The van der Waals surface area contributed by atoms with Crippen molar-refractivity contribution in [3.05, 3.63) is 83.4 Å². The number of ether oxygens (including phenoxy) is 1. The van der Waals surface area contributed by atoms with E-state index in [-0.39, 0.29) is 0 Å². The summed E-state index contributed by atoms with van der Waals surface area (Å²) in [5, 5.41) is 2.84. The number of fused-ring (bicyclic) bond motifs is 1. The summed E-state index contributed by atoms with van der Waals surface area (Å²) in [4.78, 5) is 11.9. The minimum atomic E-state index is -0.421. The van der Waals surface area contributed by atoms with Crippen LogP contribution in [0, 0.1) is 0 Å². The van der Waals surface area contributed by atoms with Crippen molar-refractivity contribution in [2.24, 2.45) is 0 Å². The van der Waals surface area contributed by atoms with E-state index in [1.807, 2.05) is 42.5 Å². The van der Waals surface area contributed by atoms with Gasteiger partial charge >= 0.3 is 5.97 Å². The van der Waals surface area contributed by atoms with Crippen molar-refractivity contribution in [1.29, 1.82) is 0 Å². The van der Waals surface area contributed by atoms with E-state index in [1.165, 1.54) is 6.08 Å². The summed E-state index contributed by atoms with van der Waals surface area (Å²) in [5.41, 5.74) is 0.978. The number of halogens is 1. The number of carbonyl (C=O) groups is 1. The smallest absolute Gasteiger partial charge is 0.336 e. The molecule has 3 aromatic rings. The van der Waals surface area contributed by atoms with Gasteiger partial charge in [-0.15, -0.1) is 0 Å². The van der Waals surface area contributed by atoms with Crippen molar-refractivity contribution in [2.45, 2.75) is 0 Å². The third-order valence-electron chi connectivity index (χ3n) is 3.25. The third kappa shape index (κ3) is 3.35. The van der Waals surface area contributed by atoms with Crippen LogP contribution in [0.15, 0.2) is 72.8 Å². The van der Waals surface area contributed by atoms with Gasteiger partial charge in [-0.2, -0.15) is 0 Å². The highest BCUT2D eigenvalue weighted by Gasteiger charge is 2.01. The highest BCUT2D eigenvalue weighted by molar-refractivity contribution is 6.30. The normalized spacial score (nSPS) is 11.0. The summed E-state index contributed by atoms with van der Waals surface area (Å²) >= 11 is 5.79. The van der Waals surface area contributed by atoms with Crippen LogP contribution in [0.3, 0.4) is 0 Å². The Morgan fingerprint density at radius 3 is 2.45 bits per heavy atom. The van der Waals surface area contributed by atoms with Crippen molar-refractivity contribution in [3.63, 3.8) is 0 Å². The molecule has 0 aliphatic heterocycles. The molecule has 0 aliphatic carbocycles. The maximum absolute atomic E-state index is 11.9. The SMILES string of the molecule is O=C(/C=C/c1cccc2ccccc12)Oc1ccc(Cl)cc1. The molecule has 0 amide bonds. The molecule has 3 rings (SSSR count). The highest BCUT2D eigenvalue weighted by atomic mass is 35.5. The van der Waals surface area contributed by atoms with Crippen molar-refractivity contribution >= 4 is 34.4 Å². The monoisotopic (exact) mass is 308 g/mol.